The fraction of sp³-hybridized carbons (Fsp3) is 1.00. The zero-order valence-electron chi connectivity index (χ0n) is 10.7. The Labute approximate surface area is 116 Å². The van der Waals surface area contributed by atoms with E-state index < -0.39 is 11.3 Å². The summed E-state index contributed by atoms with van der Waals surface area (Å²) in [6, 6.07) is 0.220. The summed E-state index contributed by atoms with van der Waals surface area (Å²) >= 11 is 2.30. The molecule has 0 bridgehead atoms. The first kappa shape index (κ1) is 13.9. The Kier molecular flexibility index (Phi) is 3.74. The molecule has 0 amide bonds. The highest BCUT2D eigenvalue weighted by molar-refractivity contribution is 14.1. The lowest BCUT2D eigenvalue weighted by molar-refractivity contribution is -0.227. The molecular formula is C12H21F2IN2. The third kappa shape index (κ3) is 2.34. The van der Waals surface area contributed by atoms with Gasteiger partial charge in [-0.3, -0.25) is 9.80 Å². The van der Waals surface area contributed by atoms with E-state index in [0.717, 1.165) is 6.54 Å². The van der Waals surface area contributed by atoms with Crippen molar-refractivity contribution in [3.8, 4) is 0 Å². The highest BCUT2D eigenvalue weighted by atomic mass is 127. The van der Waals surface area contributed by atoms with Gasteiger partial charge in [-0.15, -0.1) is 0 Å². The number of piperidine rings is 1. The number of halogens is 3. The molecule has 2 aliphatic heterocycles. The molecule has 0 N–H and O–H groups in total. The molecule has 5 heteroatoms. The molecule has 1 spiro atoms. The molecule has 2 aliphatic rings. The number of nitrogens with zero attached hydrogens (tertiary/aromatic N) is 2. The molecule has 0 saturated carbocycles. The van der Waals surface area contributed by atoms with Crippen molar-refractivity contribution in [2.45, 2.75) is 43.2 Å². The maximum absolute atomic E-state index is 14.3. The Hall–Kier alpha value is 0.510. The van der Waals surface area contributed by atoms with Crippen molar-refractivity contribution in [1.82, 2.24) is 9.80 Å². The Morgan fingerprint density at radius 3 is 2.06 bits per heavy atom. The first-order valence-corrected chi connectivity index (χ1v) is 7.52. The molecule has 2 heterocycles. The molecule has 2 nitrogen and oxygen atoms in total. The Morgan fingerprint density at radius 2 is 1.65 bits per heavy atom. The Bertz CT molecular complexity index is 288. The molecule has 2 fully saturated rings. The quantitative estimate of drug-likeness (QED) is 0.426. The van der Waals surface area contributed by atoms with Crippen LogP contribution in [0.25, 0.3) is 0 Å². The minimum Gasteiger partial charge on any atom is -0.295 e. The fourth-order valence-corrected chi connectivity index (χ4v) is 3.25. The van der Waals surface area contributed by atoms with Crippen LogP contribution in [0.5, 0.6) is 0 Å². The summed E-state index contributed by atoms with van der Waals surface area (Å²) in [6.07, 6.45) is 0.637. The molecule has 1 atom stereocenters. The summed E-state index contributed by atoms with van der Waals surface area (Å²) in [6.45, 7) is 7.94. The number of hydrogen-bond donors (Lipinski definition) is 0. The summed E-state index contributed by atoms with van der Waals surface area (Å²) in [4.78, 5) is 4.04. The lowest BCUT2D eigenvalue weighted by Gasteiger charge is -2.58. The average Bonchev–Trinajstić information content (AvgIpc) is 2.12. The van der Waals surface area contributed by atoms with Gasteiger partial charge in [0.2, 0.25) is 0 Å². The lowest BCUT2D eigenvalue weighted by atomic mass is 9.69. The third-order valence-electron chi connectivity index (χ3n) is 4.30. The van der Waals surface area contributed by atoms with Crippen LogP contribution in [0, 0.1) is 5.41 Å². The lowest BCUT2D eigenvalue weighted by Crippen LogP contribution is -2.71. The van der Waals surface area contributed by atoms with Crippen molar-refractivity contribution in [2.24, 2.45) is 5.41 Å². The minimum absolute atomic E-state index is 0.0614. The normalized spacial score (nSPS) is 30.5. The number of rotatable bonds is 2. The van der Waals surface area contributed by atoms with Crippen LogP contribution in [0.3, 0.4) is 0 Å². The van der Waals surface area contributed by atoms with E-state index in [1.54, 1.807) is 0 Å². The average molecular weight is 358 g/mol. The second kappa shape index (κ2) is 4.56. The predicted octanol–water partition coefficient (Wildman–Crippen LogP) is 2.82. The van der Waals surface area contributed by atoms with Gasteiger partial charge in [-0.1, -0.05) is 22.6 Å². The monoisotopic (exact) mass is 358 g/mol. The van der Waals surface area contributed by atoms with Crippen LogP contribution in [-0.2, 0) is 0 Å². The van der Waals surface area contributed by atoms with Gasteiger partial charge in [-0.05, 0) is 33.7 Å². The number of hydrogen-bond acceptors (Lipinski definition) is 2. The molecule has 0 aliphatic carbocycles. The predicted molar refractivity (Wildman–Crippen MR) is 73.8 cm³/mol. The first-order valence-electron chi connectivity index (χ1n) is 6.27. The van der Waals surface area contributed by atoms with Crippen LogP contribution in [0.2, 0.25) is 0 Å². The summed E-state index contributed by atoms with van der Waals surface area (Å²) in [5.74, 6) is -2.53. The smallest absolute Gasteiger partial charge is 0.268 e. The molecule has 0 aromatic heterocycles. The van der Waals surface area contributed by atoms with Crippen molar-refractivity contribution in [3.05, 3.63) is 0 Å². The highest BCUT2D eigenvalue weighted by Gasteiger charge is 2.62. The Morgan fingerprint density at radius 1 is 1.06 bits per heavy atom. The van der Waals surface area contributed by atoms with Gasteiger partial charge in [-0.25, -0.2) is 8.78 Å². The van der Waals surface area contributed by atoms with E-state index in [1.807, 2.05) is 18.7 Å². The van der Waals surface area contributed by atoms with Gasteiger partial charge in [0.15, 0.2) is 0 Å². The van der Waals surface area contributed by atoms with Gasteiger partial charge in [0, 0.05) is 19.1 Å². The number of likely N-dealkylation sites (tertiary alicyclic amines) is 2. The van der Waals surface area contributed by atoms with Gasteiger partial charge in [0.25, 0.3) is 5.92 Å². The van der Waals surface area contributed by atoms with Gasteiger partial charge in [0.05, 0.1) is 16.0 Å². The standard InChI is InChI=1S/C12H21F2IN2/c1-9(2)16-5-4-11(12(13,14)8-16)6-17(7-11)10(3)15/h9-10H,4-8H2,1-3H3. The SMILES string of the molecule is CC(C)N1CCC2(CN(C(C)I)C2)C(F)(F)C1. The summed E-state index contributed by atoms with van der Waals surface area (Å²) in [5.41, 5.74) is -0.738. The van der Waals surface area contributed by atoms with Gasteiger partial charge < -0.3 is 0 Å². The molecule has 0 aromatic carbocycles. The van der Waals surface area contributed by atoms with Crippen LogP contribution >= 0.6 is 22.6 Å². The van der Waals surface area contributed by atoms with E-state index in [4.69, 9.17) is 0 Å². The van der Waals surface area contributed by atoms with Crippen LogP contribution in [0.4, 0.5) is 8.78 Å². The van der Waals surface area contributed by atoms with E-state index in [2.05, 4.69) is 34.4 Å². The second-order valence-corrected chi connectivity index (χ2v) is 7.58. The van der Waals surface area contributed by atoms with E-state index >= 15 is 0 Å². The molecule has 17 heavy (non-hydrogen) atoms. The topological polar surface area (TPSA) is 6.48 Å². The van der Waals surface area contributed by atoms with E-state index in [9.17, 15) is 8.78 Å². The van der Waals surface area contributed by atoms with E-state index in [-0.39, 0.29) is 12.6 Å². The summed E-state index contributed by atoms with van der Waals surface area (Å²) in [5, 5.41) is 0. The Balaban J connectivity index is 2.03. The van der Waals surface area contributed by atoms with E-state index in [0.29, 0.717) is 23.6 Å². The first-order chi connectivity index (χ1) is 7.77. The zero-order chi connectivity index (χ0) is 12.8. The van der Waals surface area contributed by atoms with Gasteiger partial charge in [0.1, 0.15) is 0 Å². The van der Waals surface area contributed by atoms with Gasteiger partial charge in [-0.2, -0.15) is 0 Å². The maximum atomic E-state index is 14.3. The molecular weight excluding hydrogens is 337 g/mol. The van der Waals surface area contributed by atoms with Crippen LogP contribution < -0.4 is 0 Å². The second-order valence-electron chi connectivity index (χ2n) is 5.78. The zero-order valence-corrected chi connectivity index (χ0v) is 12.9. The minimum atomic E-state index is -2.53. The molecule has 0 aromatic rings. The van der Waals surface area contributed by atoms with Crippen molar-refractivity contribution in [3.63, 3.8) is 0 Å². The van der Waals surface area contributed by atoms with Crippen molar-refractivity contribution in [1.29, 1.82) is 0 Å². The largest absolute Gasteiger partial charge is 0.295 e. The van der Waals surface area contributed by atoms with Crippen molar-refractivity contribution < 1.29 is 8.78 Å². The van der Waals surface area contributed by atoms with Crippen molar-refractivity contribution in [2.75, 3.05) is 26.2 Å². The summed E-state index contributed by atoms with van der Waals surface area (Å²) in [7, 11) is 0. The van der Waals surface area contributed by atoms with Gasteiger partial charge >= 0.3 is 0 Å². The molecule has 2 saturated heterocycles. The third-order valence-corrected chi connectivity index (χ3v) is 5.09. The van der Waals surface area contributed by atoms with Crippen LogP contribution in [0.15, 0.2) is 0 Å². The summed E-state index contributed by atoms with van der Waals surface area (Å²) < 4.78 is 28.9. The highest BCUT2D eigenvalue weighted by Crippen LogP contribution is 2.51. The molecule has 100 valence electrons. The molecule has 2 rings (SSSR count). The fourth-order valence-electron chi connectivity index (χ4n) is 2.86. The van der Waals surface area contributed by atoms with Crippen LogP contribution in [0.1, 0.15) is 27.2 Å². The van der Waals surface area contributed by atoms with E-state index in [1.165, 1.54) is 0 Å². The van der Waals surface area contributed by atoms with Crippen molar-refractivity contribution >= 4 is 22.6 Å². The molecule has 1 unspecified atom stereocenters. The molecule has 0 radical (unpaired) electrons. The maximum Gasteiger partial charge on any atom is 0.268 e. The number of alkyl halides is 3. The van der Waals surface area contributed by atoms with Crippen LogP contribution in [-0.4, -0.2) is 52.0 Å².